The van der Waals surface area contributed by atoms with Crippen LogP contribution in [-0.4, -0.2) is 16.5 Å². The molecule has 1 atom stereocenters. The maximum atomic E-state index is 3.91. The molecule has 0 aromatic carbocycles. The fraction of sp³-hybridized carbons (Fsp3) is 0.556. The van der Waals surface area contributed by atoms with Gasteiger partial charge in [0, 0.05) is 6.54 Å². The van der Waals surface area contributed by atoms with E-state index in [2.05, 4.69) is 29.1 Å². The molecule has 0 spiro atoms. The second-order valence-corrected chi connectivity index (χ2v) is 3.02. The molecule has 0 bridgehead atoms. The minimum absolute atomic E-state index is 0.699. The summed E-state index contributed by atoms with van der Waals surface area (Å²) < 4.78 is 0. The van der Waals surface area contributed by atoms with Crippen molar-refractivity contribution in [2.24, 2.45) is 5.92 Å². The lowest BCUT2D eigenvalue weighted by molar-refractivity contribution is 0.593. The van der Waals surface area contributed by atoms with Crippen molar-refractivity contribution >= 4 is 5.69 Å². The van der Waals surface area contributed by atoms with Crippen molar-refractivity contribution in [1.29, 1.82) is 0 Å². The van der Waals surface area contributed by atoms with Crippen molar-refractivity contribution in [1.82, 2.24) is 9.97 Å². The molecule has 1 rings (SSSR count). The van der Waals surface area contributed by atoms with Crippen LogP contribution in [0.3, 0.4) is 0 Å². The summed E-state index contributed by atoms with van der Waals surface area (Å²) in [6.07, 6.45) is 6.31. The van der Waals surface area contributed by atoms with E-state index >= 15 is 0 Å². The van der Waals surface area contributed by atoms with E-state index < -0.39 is 0 Å². The number of hydrogen-bond acceptors (Lipinski definition) is 3. The summed E-state index contributed by atoms with van der Waals surface area (Å²) in [5.41, 5.74) is 0.998. The van der Waals surface area contributed by atoms with E-state index in [4.69, 9.17) is 0 Å². The van der Waals surface area contributed by atoms with Gasteiger partial charge in [-0.3, -0.25) is 0 Å². The second kappa shape index (κ2) is 4.70. The van der Waals surface area contributed by atoms with Crippen LogP contribution < -0.4 is 5.32 Å². The van der Waals surface area contributed by atoms with Gasteiger partial charge in [0.2, 0.25) is 0 Å². The quantitative estimate of drug-likeness (QED) is 0.740. The van der Waals surface area contributed by atoms with E-state index in [-0.39, 0.29) is 0 Å². The number of nitrogens with one attached hydrogen (secondary N) is 1. The van der Waals surface area contributed by atoms with Crippen molar-refractivity contribution in [3.63, 3.8) is 0 Å². The largest absolute Gasteiger partial charge is 0.382 e. The molecule has 12 heavy (non-hydrogen) atoms. The average Bonchev–Trinajstić information content (AvgIpc) is 2.16. The molecule has 3 nitrogen and oxygen atoms in total. The molecule has 0 aliphatic heterocycles. The van der Waals surface area contributed by atoms with E-state index in [0.29, 0.717) is 5.92 Å². The second-order valence-electron chi connectivity index (χ2n) is 3.02. The Balaban J connectivity index is 2.33. The van der Waals surface area contributed by atoms with Crippen LogP contribution in [0.5, 0.6) is 0 Å². The lowest BCUT2D eigenvalue weighted by Crippen LogP contribution is -2.10. The Morgan fingerprint density at radius 1 is 1.42 bits per heavy atom. The van der Waals surface area contributed by atoms with Gasteiger partial charge < -0.3 is 5.32 Å². The third-order valence-corrected chi connectivity index (χ3v) is 1.91. The predicted octanol–water partition coefficient (Wildman–Crippen LogP) is 1.93. The van der Waals surface area contributed by atoms with Gasteiger partial charge in [-0.15, -0.1) is 0 Å². The molecule has 0 aliphatic carbocycles. The summed E-state index contributed by atoms with van der Waals surface area (Å²) in [7, 11) is 0. The Hall–Kier alpha value is -1.12. The van der Waals surface area contributed by atoms with Crippen LogP contribution in [0.2, 0.25) is 0 Å². The monoisotopic (exact) mass is 165 g/mol. The zero-order valence-corrected chi connectivity index (χ0v) is 7.62. The van der Waals surface area contributed by atoms with Gasteiger partial charge in [0.15, 0.2) is 0 Å². The van der Waals surface area contributed by atoms with Crippen LogP contribution >= 0.6 is 0 Å². The Morgan fingerprint density at radius 3 is 2.67 bits per heavy atom. The maximum Gasteiger partial charge on any atom is 0.115 e. The molecule has 0 amide bonds. The molecule has 1 unspecified atom stereocenters. The van der Waals surface area contributed by atoms with E-state index in [9.17, 15) is 0 Å². The molecular formula is C9H15N3. The molecule has 1 aromatic heterocycles. The van der Waals surface area contributed by atoms with Crippen molar-refractivity contribution in [2.75, 3.05) is 11.9 Å². The first-order valence-corrected chi connectivity index (χ1v) is 4.31. The first-order valence-electron chi connectivity index (χ1n) is 4.31. The molecule has 3 heteroatoms. The molecule has 0 aliphatic rings. The van der Waals surface area contributed by atoms with Crippen LogP contribution in [0.1, 0.15) is 20.3 Å². The molecule has 1 heterocycles. The molecule has 0 radical (unpaired) electrons. The lowest BCUT2D eigenvalue weighted by Gasteiger charge is -2.09. The van der Waals surface area contributed by atoms with Gasteiger partial charge in [-0.1, -0.05) is 20.3 Å². The third-order valence-electron chi connectivity index (χ3n) is 1.91. The molecule has 0 saturated heterocycles. The van der Waals surface area contributed by atoms with Crippen LogP contribution in [0.25, 0.3) is 0 Å². The van der Waals surface area contributed by atoms with Gasteiger partial charge in [-0.05, 0) is 5.92 Å². The van der Waals surface area contributed by atoms with Gasteiger partial charge in [0.25, 0.3) is 0 Å². The smallest absolute Gasteiger partial charge is 0.115 e. The third kappa shape index (κ3) is 2.86. The number of nitrogens with zero attached hydrogens (tertiary/aromatic N) is 2. The number of aromatic nitrogens is 2. The summed E-state index contributed by atoms with van der Waals surface area (Å²) in [5.74, 6) is 0.699. The maximum absolute atomic E-state index is 3.91. The normalized spacial score (nSPS) is 12.5. The fourth-order valence-electron chi connectivity index (χ4n) is 0.827. The molecule has 0 fully saturated rings. The minimum Gasteiger partial charge on any atom is -0.382 e. The highest BCUT2D eigenvalue weighted by atomic mass is 14.9. The Morgan fingerprint density at radius 2 is 2.08 bits per heavy atom. The van der Waals surface area contributed by atoms with Gasteiger partial charge in [-0.25, -0.2) is 9.97 Å². The van der Waals surface area contributed by atoms with E-state index in [1.165, 1.54) is 12.7 Å². The molecule has 1 N–H and O–H groups in total. The summed E-state index contributed by atoms with van der Waals surface area (Å²) in [4.78, 5) is 7.83. The highest BCUT2D eigenvalue weighted by Crippen LogP contribution is 2.04. The number of rotatable bonds is 4. The SMILES string of the molecule is CCC(C)CNc1cncnc1. The van der Waals surface area contributed by atoms with Crippen molar-refractivity contribution in [3.05, 3.63) is 18.7 Å². The van der Waals surface area contributed by atoms with E-state index in [1.807, 2.05) is 0 Å². The Bertz CT molecular complexity index is 210. The van der Waals surface area contributed by atoms with Gasteiger partial charge in [-0.2, -0.15) is 0 Å². The Kier molecular flexibility index (Phi) is 3.51. The summed E-state index contributed by atoms with van der Waals surface area (Å²) in [6.45, 7) is 5.40. The van der Waals surface area contributed by atoms with Crippen LogP contribution in [0, 0.1) is 5.92 Å². The summed E-state index contributed by atoms with van der Waals surface area (Å²) in [5, 5.41) is 3.27. The van der Waals surface area contributed by atoms with Crippen molar-refractivity contribution in [3.8, 4) is 0 Å². The van der Waals surface area contributed by atoms with E-state index in [1.54, 1.807) is 12.4 Å². The van der Waals surface area contributed by atoms with Crippen molar-refractivity contribution in [2.45, 2.75) is 20.3 Å². The van der Waals surface area contributed by atoms with E-state index in [0.717, 1.165) is 12.2 Å². The standard InChI is InChI=1S/C9H15N3/c1-3-8(2)4-12-9-5-10-7-11-6-9/h5-8,12H,3-4H2,1-2H3. The fourth-order valence-corrected chi connectivity index (χ4v) is 0.827. The van der Waals surface area contributed by atoms with Crippen LogP contribution in [0.4, 0.5) is 5.69 Å². The lowest BCUT2D eigenvalue weighted by atomic mass is 10.1. The van der Waals surface area contributed by atoms with Crippen LogP contribution in [0.15, 0.2) is 18.7 Å². The van der Waals surface area contributed by atoms with Crippen molar-refractivity contribution < 1.29 is 0 Å². The zero-order valence-electron chi connectivity index (χ0n) is 7.62. The minimum atomic E-state index is 0.699. The first-order chi connectivity index (χ1) is 5.83. The molecule has 1 aromatic rings. The van der Waals surface area contributed by atoms with Gasteiger partial charge in [0.05, 0.1) is 18.1 Å². The van der Waals surface area contributed by atoms with Crippen LogP contribution in [-0.2, 0) is 0 Å². The van der Waals surface area contributed by atoms with Gasteiger partial charge >= 0.3 is 0 Å². The highest BCUT2D eigenvalue weighted by molar-refractivity contribution is 5.36. The summed E-state index contributed by atoms with van der Waals surface area (Å²) in [6, 6.07) is 0. The molecule has 66 valence electrons. The van der Waals surface area contributed by atoms with Gasteiger partial charge in [0.1, 0.15) is 6.33 Å². The Labute approximate surface area is 73.2 Å². The topological polar surface area (TPSA) is 37.8 Å². The highest BCUT2D eigenvalue weighted by Gasteiger charge is 1.97. The number of anilines is 1. The first kappa shape index (κ1) is 8.97. The predicted molar refractivity (Wildman–Crippen MR) is 50.0 cm³/mol. The average molecular weight is 165 g/mol. The number of hydrogen-bond donors (Lipinski definition) is 1. The molecular weight excluding hydrogens is 150 g/mol. The summed E-state index contributed by atoms with van der Waals surface area (Å²) >= 11 is 0. The molecule has 0 saturated carbocycles. The zero-order chi connectivity index (χ0) is 8.81.